The zero-order valence-electron chi connectivity index (χ0n) is 10.7. The Kier molecular flexibility index (Phi) is 3.33. The first kappa shape index (κ1) is 11.6. The lowest BCUT2D eigenvalue weighted by molar-refractivity contribution is 0.454. The van der Waals surface area contributed by atoms with Gasteiger partial charge in [0.15, 0.2) is 0 Å². The van der Waals surface area contributed by atoms with E-state index in [-0.39, 0.29) is 0 Å². The third kappa shape index (κ3) is 1.88. The smallest absolute Gasteiger partial charge is 0.0631 e. The maximum atomic E-state index is 5.77. The molecule has 1 unspecified atom stereocenters. The third-order valence-electron chi connectivity index (χ3n) is 3.90. The molecule has 1 aromatic rings. The molecule has 2 rings (SSSR count). The van der Waals surface area contributed by atoms with Gasteiger partial charge in [0.25, 0.3) is 0 Å². The van der Waals surface area contributed by atoms with Crippen molar-refractivity contribution < 1.29 is 0 Å². The first-order valence-corrected chi connectivity index (χ1v) is 6.40. The number of nitrogens with two attached hydrogens (primary N) is 1. The molecule has 0 aliphatic heterocycles. The van der Waals surface area contributed by atoms with E-state index in [4.69, 9.17) is 10.8 Å². The van der Waals surface area contributed by atoms with Crippen LogP contribution in [0.1, 0.15) is 61.5 Å². The molecule has 3 heteroatoms. The Hall–Kier alpha value is -0.830. The highest BCUT2D eigenvalue weighted by Gasteiger charge is 2.23. The second-order valence-electron chi connectivity index (χ2n) is 5.10. The number of rotatable bonds is 3. The summed E-state index contributed by atoms with van der Waals surface area (Å²) in [6.07, 6.45) is 5.28. The zero-order valence-corrected chi connectivity index (χ0v) is 10.7. The second kappa shape index (κ2) is 4.58. The summed E-state index contributed by atoms with van der Waals surface area (Å²) in [6.45, 7) is 7.20. The molecule has 1 aliphatic carbocycles. The summed E-state index contributed by atoms with van der Waals surface area (Å²) in [4.78, 5) is 0. The van der Waals surface area contributed by atoms with Crippen LogP contribution in [0.3, 0.4) is 0 Å². The summed E-state index contributed by atoms with van der Waals surface area (Å²) < 4.78 is 2.25. The topological polar surface area (TPSA) is 43.8 Å². The fourth-order valence-corrected chi connectivity index (χ4v) is 3.01. The molecule has 2 N–H and O–H groups in total. The van der Waals surface area contributed by atoms with Crippen molar-refractivity contribution in [2.24, 2.45) is 5.73 Å². The van der Waals surface area contributed by atoms with E-state index in [1.807, 2.05) is 0 Å². The highest BCUT2D eigenvalue weighted by Crippen LogP contribution is 2.33. The molecule has 16 heavy (non-hydrogen) atoms. The number of hydrogen-bond acceptors (Lipinski definition) is 2. The molecule has 3 nitrogen and oxygen atoms in total. The van der Waals surface area contributed by atoms with Crippen LogP contribution in [0, 0.1) is 13.8 Å². The average Bonchev–Trinajstić information content (AvgIpc) is 2.86. The van der Waals surface area contributed by atoms with Crippen molar-refractivity contribution >= 4 is 0 Å². The molecular formula is C13H23N3. The fourth-order valence-electron chi connectivity index (χ4n) is 3.01. The van der Waals surface area contributed by atoms with E-state index in [0.717, 1.165) is 0 Å². The molecule has 0 aromatic carbocycles. The molecule has 0 spiro atoms. The Bertz CT molecular complexity index is 361. The van der Waals surface area contributed by atoms with Crippen molar-refractivity contribution in [1.82, 2.24) is 9.78 Å². The van der Waals surface area contributed by atoms with Crippen molar-refractivity contribution in [3.8, 4) is 0 Å². The largest absolute Gasteiger partial charge is 0.330 e. The van der Waals surface area contributed by atoms with Gasteiger partial charge in [0, 0.05) is 5.69 Å². The van der Waals surface area contributed by atoms with Gasteiger partial charge in [-0.3, -0.25) is 4.68 Å². The maximum Gasteiger partial charge on any atom is 0.0631 e. The quantitative estimate of drug-likeness (QED) is 0.852. The van der Waals surface area contributed by atoms with Crippen molar-refractivity contribution in [2.45, 2.75) is 58.4 Å². The number of aryl methyl sites for hydroxylation is 1. The van der Waals surface area contributed by atoms with Crippen LogP contribution < -0.4 is 5.73 Å². The zero-order chi connectivity index (χ0) is 11.7. The summed E-state index contributed by atoms with van der Waals surface area (Å²) in [5, 5.41) is 4.72. The molecule has 1 aliphatic rings. The van der Waals surface area contributed by atoms with Crippen LogP contribution in [0.2, 0.25) is 0 Å². The predicted octanol–water partition coefficient (Wildman–Crippen LogP) is 2.68. The Morgan fingerprint density at radius 3 is 2.56 bits per heavy atom. The molecule has 0 radical (unpaired) electrons. The lowest BCUT2D eigenvalue weighted by atomic mass is 9.99. The van der Waals surface area contributed by atoms with Gasteiger partial charge in [0.05, 0.1) is 11.7 Å². The van der Waals surface area contributed by atoms with Crippen molar-refractivity contribution in [3.05, 3.63) is 17.0 Å². The standard InChI is InChI=1S/C13H23N3/c1-9(8-14)13-10(2)15-16(11(13)3)12-6-4-5-7-12/h9,12H,4-8,14H2,1-3H3. The molecule has 1 aromatic heterocycles. The van der Waals surface area contributed by atoms with Crippen molar-refractivity contribution in [3.63, 3.8) is 0 Å². The van der Waals surface area contributed by atoms with E-state index in [0.29, 0.717) is 18.5 Å². The summed E-state index contributed by atoms with van der Waals surface area (Å²) in [6, 6.07) is 0.637. The summed E-state index contributed by atoms with van der Waals surface area (Å²) in [5.74, 6) is 0.426. The van der Waals surface area contributed by atoms with Crippen molar-refractivity contribution in [1.29, 1.82) is 0 Å². The molecule has 0 saturated heterocycles. The van der Waals surface area contributed by atoms with Crippen LogP contribution >= 0.6 is 0 Å². The van der Waals surface area contributed by atoms with Crippen LogP contribution in [0.15, 0.2) is 0 Å². The molecular weight excluding hydrogens is 198 g/mol. The highest BCUT2D eigenvalue weighted by molar-refractivity contribution is 5.29. The summed E-state index contributed by atoms with van der Waals surface area (Å²) in [5.41, 5.74) is 9.64. The minimum atomic E-state index is 0.426. The van der Waals surface area contributed by atoms with E-state index in [2.05, 4.69) is 25.5 Å². The Morgan fingerprint density at radius 1 is 1.38 bits per heavy atom. The van der Waals surface area contributed by atoms with E-state index in [1.54, 1.807) is 0 Å². The van der Waals surface area contributed by atoms with Gasteiger partial charge in [-0.1, -0.05) is 19.8 Å². The van der Waals surface area contributed by atoms with Gasteiger partial charge in [-0.05, 0) is 44.7 Å². The van der Waals surface area contributed by atoms with Gasteiger partial charge < -0.3 is 5.73 Å². The number of hydrogen-bond donors (Lipinski definition) is 1. The van der Waals surface area contributed by atoms with E-state index in [9.17, 15) is 0 Å². The summed E-state index contributed by atoms with van der Waals surface area (Å²) in [7, 11) is 0. The fraction of sp³-hybridized carbons (Fsp3) is 0.769. The SMILES string of the molecule is Cc1nn(C2CCCC2)c(C)c1C(C)CN. The third-order valence-corrected chi connectivity index (χ3v) is 3.90. The summed E-state index contributed by atoms with van der Waals surface area (Å²) >= 11 is 0. The first-order valence-electron chi connectivity index (χ1n) is 6.40. The lowest BCUT2D eigenvalue weighted by Crippen LogP contribution is -2.12. The molecule has 0 bridgehead atoms. The van der Waals surface area contributed by atoms with Crippen molar-refractivity contribution in [2.75, 3.05) is 6.54 Å². The van der Waals surface area contributed by atoms with E-state index >= 15 is 0 Å². The first-order chi connectivity index (χ1) is 7.65. The van der Waals surface area contributed by atoms with Crippen LogP contribution in [-0.4, -0.2) is 16.3 Å². The monoisotopic (exact) mass is 221 g/mol. The Labute approximate surface area is 98.0 Å². The van der Waals surface area contributed by atoms with Gasteiger partial charge in [0.1, 0.15) is 0 Å². The molecule has 90 valence electrons. The Morgan fingerprint density at radius 2 is 2.00 bits per heavy atom. The number of aromatic nitrogens is 2. The maximum absolute atomic E-state index is 5.77. The van der Waals surface area contributed by atoms with Crippen LogP contribution in [0.4, 0.5) is 0 Å². The van der Waals surface area contributed by atoms with Gasteiger partial charge in [-0.25, -0.2) is 0 Å². The van der Waals surface area contributed by atoms with Gasteiger partial charge >= 0.3 is 0 Å². The Balaban J connectivity index is 2.33. The van der Waals surface area contributed by atoms with Gasteiger partial charge in [-0.2, -0.15) is 5.10 Å². The van der Waals surface area contributed by atoms with E-state index < -0.39 is 0 Å². The van der Waals surface area contributed by atoms with Gasteiger partial charge in [0.2, 0.25) is 0 Å². The minimum Gasteiger partial charge on any atom is -0.330 e. The molecule has 1 saturated carbocycles. The molecule has 0 amide bonds. The second-order valence-corrected chi connectivity index (χ2v) is 5.10. The normalized spacial score (nSPS) is 19.2. The van der Waals surface area contributed by atoms with Crippen LogP contribution in [-0.2, 0) is 0 Å². The molecule has 1 fully saturated rings. The lowest BCUT2D eigenvalue weighted by Gasteiger charge is -2.14. The predicted molar refractivity (Wildman–Crippen MR) is 66.7 cm³/mol. The highest BCUT2D eigenvalue weighted by atomic mass is 15.3. The molecule has 1 heterocycles. The van der Waals surface area contributed by atoms with E-state index in [1.165, 1.54) is 42.6 Å². The average molecular weight is 221 g/mol. The van der Waals surface area contributed by atoms with Crippen LogP contribution in [0.5, 0.6) is 0 Å². The minimum absolute atomic E-state index is 0.426. The van der Waals surface area contributed by atoms with Crippen LogP contribution in [0.25, 0.3) is 0 Å². The molecule has 1 atom stereocenters. The number of nitrogens with zero attached hydrogens (tertiary/aromatic N) is 2. The van der Waals surface area contributed by atoms with Gasteiger partial charge in [-0.15, -0.1) is 0 Å².